The maximum Gasteiger partial charge on any atom is 0.225 e. The molecule has 2 N–H and O–H groups in total. The predicted molar refractivity (Wildman–Crippen MR) is 136 cm³/mol. The van der Waals surface area contributed by atoms with Gasteiger partial charge in [0.2, 0.25) is 5.91 Å². The number of aromatic nitrogens is 2. The second-order valence-electron chi connectivity index (χ2n) is 9.40. The highest BCUT2D eigenvalue weighted by Gasteiger charge is 2.23. The van der Waals surface area contributed by atoms with E-state index in [4.69, 9.17) is 9.97 Å². The summed E-state index contributed by atoms with van der Waals surface area (Å²) in [5.74, 6) is 1.04. The molecule has 0 aliphatic heterocycles. The second kappa shape index (κ2) is 10.3. The van der Waals surface area contributed by atoms with Gasteiger partial charge in [-0.15, -0.1) is 0 Å². The Labute approximate surface area is 201 Å². The first-order chi connectivity index (χ1) is 16.7. The van der Waals surface area contributed by atoms with Crippen molar-refractivity contribution in [1.82, 2.24) is 9.97 Å². The summed E-state index contributed by atoms with van der Waals surface area (Å²) in [4.78, 5) is 22.8. The first kappa shape index (κ1) is 22.5. The van der Waals surface area contributed by atoms with Crippen LogP contribution in [0.4, 0.5) is 5.82 Å². The monoisotopic (exact) mass is 453 g/mol. The van der Waals surface area contributed by atoms with E-state index in [-0.39, 0.29) is 12.5 Å². The lowest BCUT2D eigenvalue weighted by atomic mass is 9.87. The summed E-state index contributed by atoms with van der Waals surface area (Å²) in [5, 5.41) is 12.6. The third kappa shape index (κ3) is 5.10. The summed E-state index contributed by atoms with van der Waals surface area (Å²) in [6.07, 6.45) is 12.1. The third-order valence-electron chi connectivity index (χ3n) is 6.92. The molecule has 3 aromatic rings. The highest BCUT2D eigenvalue weighted by Crippen LogP contribution is 2.34. The van der Waals surface area contributed by atoms with E-state index in [1.165, 1.54) is 24.8 Å². The molecule has 0 radical (unpaired) electrons. The topological polar surface area (TPSA) is 75.1 Å². The summed E-state index contributed by atoms with van der Waals surface area (Å²) in [6.45, 7) is 0.0306. The molecule has 34 heavy (non-hydrogen) atoms. The number of carbonyl (C=O) groups excluding carboxylic acids is 1. The van der Waals surface area contributed by atoms with Crippen LogP contribution in [0.5, 0.6) is 0 Å². The molecular weight excluding hydrogens is 422 g/mol. The summed E-state index contributed by atoms with van der Waals surface area (Å²) >= 11 is 0. The number of aliphatic hydroxyl groups is 1. The van der Waals surface area contributed by atoms with E-state index in [2.05, 4.69) is 11.4 Å². The molecule has 1 saturated carbocycles. The van der Waals surface area contributed by atoms with Gasteiger partial charge in [-0.3, -0.25) is 4.79 Å². The molecule has 1 aromatic heterocycles. The highest BCUT2D eigenvalue weighted by atomic mass is 16.3. The van der Waals surface area contributed by atoms with Gasteiger partial charge in [-0.05, 0) is 54.4 Å². The smallest absolute Gasteiger partial charge is 0.225 e. The van der Waals surface area contributed by atoms with Crippen LogP contribution in [0.1, 0.15) is 66.6 Å². The molecule has 5 nitrogen and oxygen atoms in total. The molecular formula is C29H31N3O2. The number of aryl methyl sites for hydroxylation is 2. The molecule has 5 rings (SSSR count). The number of nitrogens with one attached hydrogen (secondary N) is 1. The van der Waals surface area contributed by atoms with Gasteiger partial charge in [-0.1, -0.05) is 73.9 Å². The molecule has 2 aliphatic carbocycles. The molecule has 5 heteroatoms. The van der Waals surface area contributed by atoms with Crippen molar-refractivity contribution in [1.29, 1.82) is 0 Å². The SMILES string of the molecule is O=C(CC1CCCCC1)Nc1nc2c(nc1C=Cc1ccccc1)-c1ccc(CO)cc1CC2. The van der Waals surface area contributed by atoms with Gasteiger partial charge in [0.25, 0.3) is 0 Å². The maximum atomic E-state index is 12.9. The predicted octanol–water partition coefficient (Wildman–Crippen LogP) is 5.81. The molecule has 0 saturated heterocycles. The quantitative estimate of drug-likeness (QED) is 0.494. The molecule has 0 spiro atoms. The fraction of sp³-hybridized carbons (Fsp3) is 0.345. The van der Waals surface area contributed by atoms with Gasteiger partial charge in [0.05, 0.1) is 18.0 Å². The number of carbonyl (C=O) groups is 1. The van der Waals surface area contributed by atoms with Crippen molar-refractivity contribution in [2.45, 2.75) is 58.0 Å². The van der Waals surface area contributed by atoms with Crippen LogP contribution < -0.4 is 5.32 Å². The fourth-order valence-corrected chi connectivity index (χ4v) is 5.09. The van der Waals surface area contributed by atoms with Gasteiger partial charge in [0.1, 0.15) is 5.69 Å². The molecule has 1 heterocycles. The largest absolute Gasteiger partial charge is 0.392 e. The number of fused-ring (bicyclic) bond motifs is 3. The molecule has 2 aromatic carbocycles. The van der Waals surface area contributed by atoms with Crippen molar-refractivity contribution in [3.05, 3.63) is 76.6 Å². The minimum Gasteiger partial charge on any atom is -0.392 e. The molecule has 0 atom stereocenters. The van der Waals surface area contributed by atoms with E-state index in [1.807, 2.05) is 54.6 Å². The summed E-state index contributed by atoms with van der Waals surface area (Å²) in [6, 6.07) is 16.1. The summed E-state index contributed by atoms with van der Waals surface area (Å²) < 4.78 is 0. The minimum absolute atomic E-state index is 0.0271. The van der Waals surface area contributed by atoms with E-state index in [9.17, 15) is 9.90 Å². The van der Waals surface area contributed by atoms with Crippen LogP contribution in [0, 0.1) is 5.92 Å². The van der Waals surface area contributed by atoms with Crippen molar-refractivity contribution in [2.75, 3.05) is 5.32 Å². The number of anilines is 1. The van der Waals surface area contributed by atoms with E-state index in [0.717, 1.165) is 53.8 Å². The first-order valence-corrected chi connectivity index (χ1v) is 12.4. The van der Waals surface area contributed by atoms with Crippen LogP contribution in [0.15, 0.2) is 48.5 Å². The number of benzene rings is 2. The molecule has 1 amide bonds. The van der Waals surface area contributed by atoms with Gasteiger partial charge >= 0.3 is 0 Å². The number of aliphatic hydroxyl groups excluding tert-OH is 1. The Morgan fingerprint density at radius 3 is 2.62 bits per heavy atom. The number of amides is 1. The zero-order valence-corrected chi connectivity index (χ0v) is 19.5. The molecule has 0 bridgehead atoms. The van der Waals surface area contributed by atoms with Crippen molar-refractivity contribution in [3.8, 4) is 11.3 Å². The van der Waals surface area contributed by atoms with Gasteiger partial charge in [0.15, 0.2) is 5.82 Å². The first-order valence-electron chi connectivity index (χ1n) is 12.4. The van der Waals surface area contributed by atoms with Gasteiger partial charge in [0, 0.05) is 12.0 Å². The van der Waals surface area contributed by atoms with Crippen molar-refractivity contribution >= 4 is 23.9 Å². The lowest BCUT2D eigenvalue weighted by Gasteiger charge is -2.22. The number of rotatable bonds is 6. The molecule has 0 unspecified atom stereocenters. The second-order valence-corrected chi connectivity index (χ2v) is 9.40. The zero-order valence-electron chi connectivity index (χ0n) is 19.5. The average molecular weight is 454 g/mol. The van der Waals surface area contributed by atoms with E-state index >= 15 is 0 Å². The van der Waals surface area contributed by atoms with Crippen molar-refractivity contribution in [3.63, 3.8) is 0 Å². The number of hydrogen-bond acceptors (Lipinski definition) is 4. The average Bonchev–Trinajstić information content (AvgIpc) is 2.88. The summed E-state index contributed by atoms with van der Waals surface area (Å²) in [7, 11) is 0. The number of nitrogens with zero attached hydrogens (tertiary/aromatic N) is 2. The van der Waals surface area contributed by atoms with Gasteiger partial charge < -0.3 is 10.4 Å². The minimum atomic E-state index is 0.0271. The standard InChI is InChI=1S/C29H31N3O2/c33-19-22-11-14-24-23(17-22)13-16-25-28(24)30-26(15-12-20-7-3-1-4-8-20)29(31-25)32-27(34)18-21-9-5-2-6-10-21/h1,3-4,7-8,11-12,14-15,17,21,33H,2,5-6,9-10,13,16,18-19H2,(H,31,32,34). The highest BCUT2D eigenvalue weighted by molar-refractivity contribution is 5.92. The van der Waals surface area contributed by atoms with Crippen LogP contribution in [-0.2, 0) is 24.2 Å². The third-order valence-corrected chi connectivity index (χ3v) is 6.92. The Morgan fingerprint density at radius 2 is 1.82 bits per heavy atom. The molecule has 174 valence electrons. The van der Waals surface area contributed by atoms with Crippen LogP contribution in [0.2, 0.25) is 0 Å². The molecule has 1 fully saturated rings. The lowest BCUT2D eigenvalue weighted by Crippen LogP contribution is -2.21. The van der Waals surface area contributed by atoms with Crippen molar-refractivity contribution in [2.24, 2.45) is 5.92 Å². The fourth-order valence-electron chi connectivity index (χ4n) is 5.09. The van der Waals surface area contributed by atoms with E-state index < -0.39 is 0 Å². The van der Waals surface area contributed by atoms with Crippen molar-refractivity contribution < 1.29 is 9.90 Å². The number of hydrogen-bond donors (Lipinski definition) is 2. The van der Waals surface area contributed by atoms with Gasteiger partial charge in [-0.25, -0.2) is 9.97 Å². The van der Waals surface area contributed by atoms with Crippen LogP contribution in [0.3, 0.4) is 0 Å². The Morgan fingerprint density at radius 1 is 1.00 bits per heavy atom. The van der Waals surface area contributed by atoms with Gasteiger partial charge in [-0.2, -0.15) is 0 Å². The zero-order chi connectivity index (χ0) is 23.3. The Kier molecular flexibility index (Phi) is 6.82. The molecule has 2 aliphatic rings. The lowest BCUT2D eigenvalue weighted by molar-refractivity contribution is -0.117. The maximum absolute atomic E-state index is 12.9. The van der Waals surface area contributed by atoms with E-state index in [1.54, 1.807) is 0 Å². The Balaban J connectivity index is 1.48. The van der Waals surface area contributed by atoms with E-state index in [0.29, 0.717) is 23.9 Å². The normalized spacial score (nSPS) is 15.7. The van der Waals surface area contributed by atoms with Crippen LogP contribution >= 0.6 is 0 Å². The Bertz CT molecular complexity index is 1200. The Hall–Kier alpha value is -3.31. The van der Waals surface area contributed by atoms with Crippen LogP contribution in [0.25, 0.3) is 23.4 Å². The summed E-state index contributed by atoms with van der Waals surface area (Å²) in [5.41, 5.74) is 6.65. The van der Waals surface area contributed by atoms with Crippen LogP contribution in [-0.4, -0.2) is 21.0 Å².